The molecule has 14 rings (SSSR count). The second-order valence-corrected chi connectivity index (χ2v) is 29.7. The van der Waals surface area contributed by atoms with Gasteiger partial charge in [-0.3, -0.25) is 0 Å². The third kappa shape index (κ3) is 5.82. The van der Waals surface area contributed by atoms with Gasteiger partial charge in [-0.2, -0.15) is 0 Å². The van der Waals surface area contributed by atoms with E-state index in [2.05, 4.69) is 204 Å². The fourth-order valence-electron chi connectivity index (χ4n) is 17.5. The average Bonchev–Trinajstić information content (AvgIpc) is 3.99. The van der Waals surface area contributed by atoms with Crippen molar-refractivity contribution in [2.45, 2.75) is 193 Å². The normalized spacial score (nSPS) is 28.0. The first-order chi connectivity index (χ1) is 33.8. The van der Waals surface area contributed by atoms with Gasteiger partial charge in [0.1, 0.15) is 5.76 Å². The van der Waals surface area contributed by atoms with Crippen LogP contribution in [0.2, 0.25) is 0 Å². The number of nitrogens with zero attached hydrogens (tertiary/aromatic N) is 2. The Morgan fingerprint density at radius 3 is 1.83 bits per heavy atom. The molecule has 6 aromatic rings. The number of furan rings is 1. The highest BCUT2D eigenvalue weighted by Gasteiger charge is 2.80. The Bertz CT molecular complexity index is 3300. The van der Waals surface area contributed by atoms with Crippen molar-refractivity contribution in [2.75, 3.05) is 9.80 Å². The lowest BCUT2D eigenvalue weighted by Crippen LogP contribution is -2.69. The topological polar surface area (TPSA) is 19.6 Å². The first kappa shape index (κ1) is 45.6. The van der Waals surface area contributed by atoms with Gasteiger partial charge in [0, 0.05) is 44.7 Å². The molecule has 4 fully saturated rings. The second kappa shape index (κ2) is 14.0. The Kier molecular flexibility index (Phi) is 8.90. The predicted octanol–water partition coefficient (Wildman–Crippen LogP) is 16.4. The molecule has 4 heteroatoms. The van der Waals surface area contributed by atoms with Gasteiger partial charge in [0.2, 0.25) is 0 Å². The molecule has 2 aliphatic heterocycles. The van der Waals surface area contributed by atoms with Crippen LogP contribution in [0.3, 0.4) is 0 Å². The van der Waals surface area contributed by atoms with Crippen molar-refractivity contribution < 1.29 is 4.42 Å². The number of anilines is 6. The van der Waals surface area contributed by atoms with Crippen LogP contribution in [0.25, 0.3) is 11.1 Å². The summed E-state index contributed by atoms with van der Waals surface area (Å²) in [5, 5.41) is 0. The van der Waals surface area contributed by atoms with Gasteiger partial charge < -0.3 is 14.2 Å². The molecule has 8 aliphatic rings. The minimum absolute atomic E-state index is 0.0134. The monoisotopic (exact) mass is 951 g/mol. The van der Waals surface area contributed by atoms with Crippen molar-refractivity contribution in [3.05, 3.63) is 136 Å². The lowest BCUT2D eigenvalue weighted by molar-refractivity contribution is -0.198. The molecule has 3 heterocycles. The quantitative estimate of drug-likeness (QED) is 0.164. The third-order valence-electron chi connectivity index (χ3n) is 21.6. The van der Waals surface area contributed by atoms with Crippen molar-refractivity contribution in [1.82, 2.24) is 0 Å². The van der Waals surface area contributed by atoms with E-state index >= 15 is 0 Å². The van der Waals surface area contributed by atoms with E-state index in [0.29, 0.717) is 5.41 Å². The summed E-state index contributed by atoms with van der Waals surface area (Å²) >= 11 is 0. The molecule has 5 unspecified atom stereocenters. The molecule has 0 saturated heterocycles. The van der Waals surface area contributed by atoms with E-state index < -0.39 is 0 Å². The molecule has 1 spiro atoms. The van der Waals surface area contributed by atoms with E-state index in [4.69, 9.17) is 4.42 Å². The molecule has 2 bridgehead atoms. The van der Waals surface area contributed by atoms with Crippen LogP contribution in [0.1, 0.15) is 194 Å². The maximum atomic E-state index is 7.92. The van der Waals surface area contributed by atoms with Crippen molar-refractivity contribution in [3.8, 4) is 11.1 Å². The highest BCUT2D eigenvalue weighted by Crippen LogP contribution is 2.86. The molecule has 3 nitrogen and oxygen atoms in total. The molecule has 0 N–H and O–H groups in total. The maximum Gasteiger partial charge on any atom is 0.297 e. The van der Waals surface area contributed by atoms with Crippen LogP contribution in [0.5, 0.6) is 0 Å². The lowest BCUT2D eigenvalue weighted by atomic mass is 9.30. The molecule has 5 atom stereocenters. The van der Waals surface area contributed by atoms with Crippen molar-refractivity contribution >= 4 is 57.4 Å². The van der Waals surface area contributed by atoms with Crippen LogP contribution in [0.4, 0.5) is 34.1 Å². The molecule has 6 aliphatic carbocycles. The van der Waals surface area contributed by atoms with Crippen LogP contribution in [-0.4, -0.2) is 6.71 Å². The van der Waals surface area contributed by atoms with Gasteiger partial charge in [-0.15, -0.1) is 0 Å². The number of fused-ring (bicyclic) bond motifs is 8. The Morgan fingerprint density at radius 1 is 0.556 bits per heavy atom. The molecule has 370 valence electrons. The van der Waals surface area contributed by atoms with Crippen LogP contribution in [0, 0.1) is 23.2 Å². The van der Waals surface area contributed by atoms with Gasteiger partial charge in [0.15, 0.2) is 0 Å². The highest BCUT2D eigenvalue weighted by molar-refractivity contribution is 6.99. The fraction of sp³-hybridized carbons (Fsp3) is 0.500. The van der Waals surface area contributed by atoms with E-state index in [0.717, 1.165) is 36.3 Å². The third-order valence-corrected chi connectivity index (χ3v) is 21.6. The van der Waals surface area contributed by atoms with Crippen molar-refractivity contribution in [1.29, 1.82) is 0 Å². The summed E-state index contributed by atoms with van der Waals surface area (Å²) in [4.78, 5) is 5.57. The molecular formula is C68H79BN2O. The van der Waals surface area contributed by atoms with Gasteiger partial charge in [0.05, 0.1) is 17.0 Å². The van der Waals surface area contributed by atoms with Gasteiger partial charge in [-0.05, 0) is 195 Å². The summed E-state index contributed by atoms with van der Waals surface area (Å²) in [7, 11) is 0. The van der Waals surface area contributed by atoms with E-state index in [1.165, 1.54) is 135 Å². The molecular weight excluding hydrogens is 872 g/mol. The smallest absolute Gasteiger partial charge is 0.297 e. The SMILES string of the molecule is CC(C)(C)c1ccc(N2c3cc(C45CC6CC7CC(C4)C75C6)cc4c3B(c3cc5c(cc3N4c3ccc(C(C)(C)C)cc3-c3ccccc3)C(C)(C)CCC5(C)C)c3oc4c(c32)C(C)(C)CCC4(C)C)cc1. The van der Waals surface area contributed by atoms with Gasteiger partial charge in [-0.25, -0.2) is 0 Å². The largest absolute Gasteiger partial charge is 0.472 e. The van der Waals surface area contributed by atoms with E-state index in [1.54, 1.807) is 5.56 Å². The zero-order valence-corrected chi connectivity index (χ0v) is 46.2. The van der Waals surface area contributed by atoms with E-state index in [-0.39, 0.29) is 44.6 Å². The van der Waals surface area contributed by atoms with Gasteiger partial charge in [0.25, 0.3) is 6.71 Å². The number of rotatable bonds is 4. The summed E-state index contributed by atoms with van der Waals surface area (Å²) in [6, 6.07) is 39.6. The number of hydrogen-bond acceptors (Lipinski definition) is 3. The summed E-state index contributed by atoms with van der Waals surface area (Å²) < 4.78 is 7.92. The summed E-state index contributed by atoms with van der Waals surface area (Å²) in [6.45, 7) is 34.1. The Balaban J connectivity index is 1.15. The minimum Gasteiger partial charge on any atom is -0.472 e. The second-order valence-electron chi connectivity index (χ2n) is 29.7. The lowest BCUT2D eigenvalue weighted by Gasteiger charge is -2.73. The van der Waals surface area contributed by atoms with Gasteiger partial charge in [-0.1, -0.05) is 152 Å². The fourth-order valence-corrected chi connectivity index (χ4v) is 17.5. The zero-order chi connectivity index (χ0) is 50.2. The highest BCUT2D eigenvalue weighted by atomic mass is 16.3. The average molecular weight is 951 g/mol. The minimum atomic E-state index is -0.101. The molecule has 0 radical (unpaired) electrons. The number of benzene rings is 5. The summed E-state index contributed by atoms with van der Waals surface area (Å²) in [5.74, 6) is 3.82. The number of hydrogen-bond donors (Lipinski definition) is 0. The van der Waals surface area contributed by atoms with Crippen LogP contribution in [0.15, 0.2) is 101 Å². The maximum absolute atomic E-state index is 7.92. The Morgan fingerprint density at radius 2 is 1.18 bits per heavy atom. The molecule has 5 aromatic carbocycles. The molecule has 0 amide bonds. The van der Waals surface area contributed by atoms with Crippen molar-refractivity contribution in [2.24, 2.45) is 23.2 Å². The van der Waals surface area contributed by atoms with E-state index in [1.807, 2.05) is 0 Å². The molecule has 72 heavy (non-hydrogen) atoms. The standard InChI is InChI=1S/C68H79BN2O/c1-61(2,3)42-20-23-47(24-21-42)70-54-33-44(67-37-40-30-45-31-46(39-67)68(45,67)38-40)34-55-57(54)69(60-58(70)56-59(72-60)66(13,14)29-28-65(56,11)12)51-35-49-50(64(9,10)27-26-63(49,7)8)36-53(51)71(55)52-25-22-43(62(4,5)6)32-48(52)41-18-16-15-17-19-41/h15-25,32-36,40,45-46H,26-31,37-39H2,1-14H3. The van der Waals surface area contributed by atoms with Crippen molar-refractivity contribution in [3.63, 3.8) is 0 Å². The molecule has 1 aromatic heterocycles. The summed E-state index contributed by atoms with van der Waals surface area (Å²) in [5.41, 5.74) is 23.8. The predicted molar refractivity (Wildman–Crippen MR) is 304 cm³/mol. The van der Waals surface area contributed by atoms with Crippen LogP contribution < -0.4 is 26.4 Å². The zero-order valence-electron chi connectivity index (χ0n) is 46.2. The van der Waals surface area contributed by atoms with Crippen LogP contribution >= 0.6 is 0 Å². The Labute approximate surface area is 432 Å². The van der Waals surface area contributed by atoms with E-state index in [9.17, 15) is 0 Å². The molecule has 4 saturated carbocycles. The van der Waals surface area contributed by atoms with Gasteiger partial charge >= 0.3 is 0 Å². The summed E-state index contributed by atoms with van der Waals surface area (Å²) in [6.07, 6.45) is 11.6. The first-order valence-corrected chi connectivity index (χ1v) is 28.3. The Hall–Kier alpha value is -4.96. The van der Waals surface area contributed by atoms with Crippen LogP contribution in [-0.2, 0) is 37.9 Å². The first-order valence-electron chi connectivity index (χ1n) is 28.3.